The Morgan fingerprint density at radius 2 is 0.729 bits per heavy atom. The molecular weight excluding hydrogens is 1270 g/mol. The summed E-state index contributed by atoms with van der Waals surface area (Å²) < 4.78 is 64.9. The zero-order valence-corrected chi connectivity index (χ0v) is 59.6. The molecule has 11 N–H and O–H groups in total. The van der Waals surface area contributed by atoms with Crippen molar-refractivity contribution in [2.45, 2.75) is 395 Å². The lowest BCUT2D eigenvalue weighted by Crippen LogP contribution is -2.69. The minimum Gasteiger partial charge on any atom is -0.463 e. The summed E-state index contributed by atoms with van der Waals surface area (Å²) in [6.45, 7) is 3.43. The first-order valence-corrected chi connectivity index (χ1v) is 39.0. The van der Waals surface area contributed by atoms with E-state index in [0.29, 0.717) is 19.3 Å². The number of phosphoric acid groups is 1. The van der Waals surface area contributed by atoms with Crippen molar-refractivity contribution in [3.63, 3.8) is 0 Å². The first-order chi connectivity index (χ1) is 46.3. The van der Waals surface area contributed by atoms with Crippen molar-refractivity contribution >= 4 is 25.7 Å². The molecule has 0 bridgehead atoms. The normalized spacial score (nSPS) is 28.0. The van der Waals surface area contributed by atoms with E-state index >= 15 is 0 Å². The van der Waals surface area contributed by atoms with E-state index in [2.05, 4.69) is 32.9 Å². The molecule has 0 radical (unpaired) electrons. The standard InChI is InChI=1S/C71H131O24P/c1-4-7-10-13-16-19-22-25-26-27-29-32-33-36-39-42-45-55(73)87-49-52(90-57(75)47-44-41-38-35-30-24-21-18-15-12-9-6-3)50-89-96(85,86)95-69-67(93-70-65(83)60(78)58(76)53(48-72)91-70)63(81)62(80)64(82)68(69)94-71-66(84)61(79)59(77)54(92-71)51-88-56(74)46-43-40-37-34-31-28-23-20-17-14-11-8-5-2/h28,31,52-54,58-72,76-84H,4-27,29-30,32-51H2,1-3H3,(H,85,86)/b31-28-. The predicted octanol–water partition coefficient (Wildman–Crippen LogP) is 9.96. The molecule has 3 fully saturated rings. The maximum atomic E-state index is 14.3. The Hall–Kier alpha value is -2.30. The lowest BCUT2D eigenvalue weighted by atomic mass is 9.84. The molecular formula is C71H131O24P. The van der Waals surface area contributed by atoms with Crippen molar-refractivity contribution in [2.24, 2.45) is 0 Å². The Morgan fingerprint density at radius 1 is 0.396 bits per heavy atom. The van der Waals surface area contributed by atoms with Crippen LogP contribution in [0, 0.1) is 0 Å². The average Bonchev–Trinajstić information content (AvgIpc) is 0.764. The van der Waals surface area contributed by atoms with E-state index in [9.17, 15) is 74.9 Å². The highest BCUT2D eigenvalue weighted by Gasteiger charge is 2.58. The summed E-state index contributed by atoms with van der Waals surface area (Å²) in [5, 5.41) is 110. The molecule has 3 aliphatic rings. The summed E-state index contributed by atoms with van der Waals surface area (Å²) in [7, 11) is -5.69. The smallest absolute Gasteiger partial charge is 0.463 e. The number of hydrogen-bond acceptors (Lipinski definition) is 23. The molecule has 0 amide bonds. The van der Waals surface area contributed by atoms with Crippen molar-refractivity contribution < 1.29 is 117 Å². The third-order valence-electron chi connectivity index (χ3n) is 18.5. The molecule has 0 aromatic heterocycles. The number of unbranched alkanes of at least 4 members (excludes halogenated alkanes) is 35. The van der Waals surface area contributed by atoms with Crippen LogP contribution in [0.1, 0.15) is 290 Å². The number of ether oxygens (including phenoxy) is 7. The minimum absolute atomic E-state index is 0.00936. The van der Waals surface area contributed by atoms with Crippen LogP contribution in [0.5, 0.6) is 0 Å². The molecule has 3 rings (SSSR count). The first kappa shape index (κ1) is 87.9. The molecule has 2 saturated heterocycles. The molecule has 24 nitrogen and oxygen atoms in total. The second-order valence-corrected chi connectivity index (χ2v) is 28.4. The Morgan fingerprint density at radius 3 is 1.14 bits per heavy atom. The van der Waals surface area contributed by atoms with Crippen LogP contribution in [0.25, 0.3) is 0 Å². The molecule has 25 heteroatoms. The van der Waals surface area contributed by atoms with Crippen molar-refractivity contribution in [3.05, 3.63) is 12.2 Å². The van der Waals surface area contributed by atoms with Gasteiger partial charge in [0, 0.05) is 19.3 Å². The fraction of sp³-hybridized carbons (Fsp3) is 0.930. The van der Waals surface area contributed by atoms with Gasteiger partial charge in [0.15, 0.2) is 18.7 Å². The number of allylic oxidation sites excluding steroid dienone is 2. The molecule has 2 aliphatic heterocycles. The molecule has 1 saturated carbocycles. The van der Waals surface area contributed by atoms with Crippen LogP contribution in [0.3, 0.4) is 0 Å². The summed E-state index contributed by atoms with van der Waals surface area (Å²) in [5.74, 6) is -2.00. The molecule has 18 atom stereocenters. The topological polar surface area (TPSA) is 374 Å². The van der Waals surface area contributed by atoms with Crippen LogP contribution >= 0.6 is 7.82 Å². The number of esters is 3. The first-order valence-electron chi connectivity index (χ1n) is 37.5. The number of hydrogen-bond donors (Lipinski definition) is 11. The van der Waals surface area contributed by atoms with Crippen LogP contribution < -0.4 is 0 Å². The predicted molar refractivity (Wildman–Crippen MR) is 361 cm³/mol. The van der Waals surface area contributed by atoms with Gasteiger partial charge in [0.25, 0.3) is 0 Å². The summed E-state index contributed by atoms with van der Waals surface area (Å²) >= 11 is 0. The van der Waals surface area contributed by atoms with E-state index in [1.807, 2.05) is 0 Å². The van der Waals surface area contributed by atoms with Gasteiger partial charge >= 0.3 is 25.7 Å². The molecule has 18 unspecified atom stereocenters. The Balaban J connectivity index is 1.73. The number of carbonyl (C=O) groups is 3. The average molecular weight is 1400 g/mol. The van der Waals surface area contributed by atoms with Crippen molar-refractivity contribution in [1.82, 2.24) is 0 Å². The monoisotopic (exact) mass is 1400 g/mol. The van der Waals surface area contributed by atoms with E-state index in [-0.39, 0.29) is 19.3 Å². The quantitative estimate of drug-likeness (QED) is 0.00886. The molecule has 0 aromatic rings. The molecule has 564 valence electrons. The van der Waals surface area contributed by atoms with E-state index in [4.69, 9.17) is 42.2 Å². The number of carbonyl (C=O) groups excluding carboxylic acids is 3. The van der Waals surface area contributed by atoms with Gasteiger partial charge in [0.2, 0.25) is 0 Å². The lowest BCUT2D eigenvalue weighted by molar-refractivity contribution is -0.360. The van der Waals surface area contributed by atoms with Gasteiger partial charge in [-0.1, -0.05) is 238 Å². The number of aliphatic hydroxyl groups excluding tert-OH is 10. The van der Waals surface area contributed by atoms with E-state index in [1.54, 1.807) is 0 Å². The van der Waals surface area contributed by atoms with Gasteiger partial charge in [-0.25, -0.2) is 4.57 Å². The summed E-state index contributed by atoms with van der Waals surface area (Å²) in [6.07, 6.45) is 11.5. The third kappa shape index (κ3) is 36.5. The SMILES string of the molecule is CCCCCCCC/C=C\CCCCCC(=O)OCC1OC(OC2C(O)C(O)C(O)C(OC3OC(CO)C(O)C(O)C3O)C2OP(=O)(O)OCC(COC(=O)CCCCCCCCCCCCCCCCCC)OC(=O)CCCCCCCCCCCCCC)C(O)C(O)C1O. The van der Waals surface area contributed by atoms with Crippen LogP contribution in [-0.4, -0.2) is 204 Å². The highest BCUT2D eigenvalue weighted by atomic mass is 31.2. The number of rotatable bonds is 58. The maximum absolute atomic E-state index is 14.3. The lowest BCUT2D eigenvalue weighted by Gasteiger charge is -2.49. The number of aliphatic hydroxyl groups is 10. The Kier molecular flexibility index (Phi) is 49.0. The minimum atomic E-state index is -5.69. The van der Waals surface area contributed by atoms with E-state index in [0.717, 1.165) is 89.9 Å². The molecule has 0 spiro atoms. The fourth-order valence-corrected chi connectivity index (χ4v) is 13.4. The molecule has 0 aromatic carbocycles. The summed E-state index contributed by atoms with van der Waals surface area (Å²) in [4.78, 5) is 50.9. The van der Waals surface area contributed by atoms with Crippen molar-refractivity contribution in [1.29, 1.82) is 0 Å². The van der Waals surface area contributed by atoms with E-state index in [1.165, 1.54) is 141 Å². The van der Waals surface area contributed by atoms with Crippen molar-refractivity contribution in [2.75, 3.05) is 26.4 Å². The van der Waals surface area contributed by atoms with Crippen LogP contribution in [0.4, 0.5) is 0 Å². The van der Waals surface area contributed by atoms with Gasteiger partial charge in [-0.05, 0) is 44.9 Å². The molecule has 2 heterocycles. The van der Waals surface area contributed by atoms with Crippen LogP contribution in [0.2, 0.25) is 0 Å². The van der Waals surface area contributed by atoms with Gasteiger partial charge in [-0.15, -0.1) is 0 Å². The molecule has 96 heavy (non-hydrogen) atoms. The maximum Gasteiger partial charge on any atom is 0.472 e. The van der Waals surface area contributed by atoms with Gasteiger partial charge in [-0.3, -0.25) is 23.4 Å². The second kappa shape index (κ2) is 53.5. The number of phosphoric ester groups is 1. The third-order valence-corrected chi connectivity index (χ3v) is 19.5. The van der Waals surface area contributed by atoms with Crippen LogP contribution in [-0.2, 0) is 61.2 Å². The van der Waals surface area contributed by atoms with Gasteiger partial charge < -0.3 is 89.1 Å². The van der Waals surface area contributed by atoms with Gasteiger partial charge in [-0.2, -0.15) is 0 Å². The summed E-state index contributed by atoms with van der Waals surface area (Å²) in [5.41, 5.74) is 0. The van der Waals surface area contributed by atoms with Gasteiger partial charge in [0.05, 0.1) is 13.2 Å². The van der Waals surface area contributed by atoms with E-state index < -0.39 is 156 Å². The second-order valence-electron chi connectivity index (χ2n) is 27.0. The summed E-state index contributed by atoms with van der Waals surface area (Å²) in [6, 6.07) is 0. The van der Waals surface area contributed by atoms with Crippen LogP contribution in [0.15, 0.2) is 12.2 Å². The van der Waals surface area contributed by atoms with Gasteiger partial charge in [0.1, 0.15) is 98.7 Å². The Bertz CT molecular complexity index is 2040. The van der Waals surface area contributed by atoms with Crippen molar-refractivity contribution in [3.8, 4) is 0 Å². The zero-order valence-electron chi connectivity index (χ0n) is 58.7. The Labute approximate surface area is 573 Å². The molecule has 1 aliphatic carbocycles. The zero-order chi connectivity index (χ0) is 70.4. The highest BCUT2D eigenvalue weighted by Crippen LogP contribution is 2.49. The fourth-order valence-electron chi connectivity index (χ4n) is 12.4. The largest absolute Gasteiger partial charge is 0.472 e. The highest BCUT2D eigenvalue weighted by molar-refractivity contribution is 7.47.